The fourth-order valence-electron chi connectivity index (χ4n) is 2.48. The molecule has 1 amide bonds. The molecule has 118 valence electrons. The average Bonchev–Trinajstić information content (AvgIpc) is 3.04. The van der Waals surface area contributed by atoms with Gasteiger partial charge in [-0.15, -0.1) is 22.7 Å². The van der Waals surface area contributed by atoms with Crippen LogP contribution in [0.3, 0.4) is 0 Å². The second kappa shape index (κ2) is 5.90. The number of nitrogens with zero attached hydrogens (tertiary/aromatic N) is 2. The molecule has 0 radical (unpaired) electrons. The normalized spacial score (nSPS) is 14.3. The van der Waals surface area contributed by atoms with Crippen molar-refractivity contribution < 1.29 is 4.79 Å². The number of aromatic nitrogens is 2. The third-order valence-electron chi connectivity index (χ3n) is 3.95. The minimum absolute atomic E-state index is 0.0220. The van der Waals surface area contributed by atoms with E-state index in [9.17, 15) is 9.59 Å². The summed E-state index contributed by atoms with van der Waals surface area (Å²) < 4.78 is 1.40. The summed E-state index contributed by atoms with van der Waals surface area (Å²) in [4.78, 5) is 30.8. The van der Waals surface area contributed by atoms with Crippen molar-refractivity contribution in [2.45, 2.75) is 19.4 Å². The molecule has 3 heterocycles. The van der Waals surface area contributed by atoms with Crippen molar-refractivity contribution in [1.29, 1.82) is 0 Å². The molecular formula is C16H15N3O2S2. The molecule has 23 heavy (non-hydrogen) atoms. The number of rotatable bonds is 5. The minimum Gasteiger partial charge on any atom is -0.354 e. The Morgan fingerprint density at radius 2 is 2.26 bits per heavy atom. The van der Waals surface area contributed by atoms with Crippen molar-refractivity contribution >= 4 is 38.8 Å². The molecule has 7 heteroatoms. The summed E-state index contributed by atoms with van der Waals surface area (Å²) in [6, 6.07) is 3.95. The maximum absolute atomic E-state index is 12.7. The van der Waals surface area contributed by atoms with Crippen molar-refractivity contribution in [2.75, 3.05) is 6.54 Å². The van der Waals surface area contributed by atoms with Gasteiger partial charge in [0.25, 0.3) is 5.56 Å². The molecule has 3 aromatic heterocycles. The van der Waals surface area contributed by atoms with Crippen LogP contribution in [0, 0.1) is 5.92 Å². The molecular weight excluding hydrogens is 330 g/mol. The van der Waals surface area contributed by atoms with Crippen LogP contribution in [0.15, 0.2) is 34.0 Å². The van der Waals surface area contributed by atoms with Crippen molar-refractivity contribution in [3.05, 3.63) is 39.6 Å². The SMILES string of the molecule is O=C(Cn1cnc2scc(-c3cccs3)c2c1=O)NCC1CC1. The molecule has 0 atom stereocenters. The highest BCUT2D eigenvalue weighted by molar-refractivity contribution is 7.18. The van der Waals surface area contributed by atoms with Crippen molar-refractivity contribution in [1.82, 2.24) is 14.9 Å². The molecule has 0 aromatic carbocycles. The van der Waals surface area contributed by atoms with Gasteiger partial charge in [0.05, 0.1) is 11.7 Å². The van der Waals surface area contributed by atoms with E-state index in [0.29, 0.717) is 22.7 Å². The number of amides is 1. The Bertz CT molecular complexity index is 907. The highest BCUT2D eigenvalue weighted by Gasteiger charge is 2.22. The van der Waals surface area contributed by atoms with E-state index in [1.165, 1.54) is 35.1 Å². The van der Waals surface area contributed by atoms with E-state index in [1.807, 2.05) is 22.9 Å². The van der Waals surface area contributed by atoms with E-state index < -0.39 is 0 Å². The van der Waals surface area contributed by atoms with Gasteiger partial charge in [-0.05, 0) is 30.2 Å². The smallest absolute Gasteiger partial charge is 0.263 e. The summed E-state index contributed by atoms with van der Waals surface area (Å²) in [6.45, 7) is 0.733. The number of hydrogen-bond acceptors (Lipinski definition) is 5. The monoisotopic (exact) mass is 345 g/mol. The highest BCUT2D eigenvalue weighted by Crippen LogP contribution is 2.33. The summed E-state index contributed by atoms with van der Waals surface area (Å²) in [5.74, 6) is 0.492. The third kappa shape index (κ3) is 2.94. The number of carbonyl (C=O) groups excluding carboxylic acids is 1. The Labute approximate surface area is 140 Å². The van der Waals surface area contributed by atoms with Gasteiger partial charge in [-0.1, -0.05) is 6.07 Å². The molecule has 1 aliphatic carbocycles. The van der Waals surface area contributed by atoms with Crippen LogP contribution in [0.25, 0.3) is 20.7 Å². The second-order valence-electron chi connectivity index (χ2n) is 5.73. The van der Waals surface area contributed by atoms with Crippen LogP contribution in [0.2, 0.25) is 0 Å². The number of carbonyl (C=O) groups is 1. The summed E-state index contributed by atoms with van der Waals surface area (Å²) in [5.41, 5.74) is 0.756. The van der Waals surface area contributed by atoms with Gasteiger partial charge < -0.3 is 5.32 Å². The van der Waals surface area contributed by atoms with Crippen LogP contribution in [-0.4, -0.2) is 22.0 Å². The Morgan fingerprint density at radius 3 is 3.00 bits per heavy atom. The summed E-state index contributed by atoms with van der Waals surface area (Å²) in [7, 11) is 0. The van der Waals surface area contributed by atoms with Gasteiger partial charge in [-0.2, -0.15) is 0 Å². The molecule has 0 bridgehead atoms. The van der Waals surface area contributed by atoms with Gasteiger partial charge in [0, 0.05) is 22.4 Å². The first-order chi connectivity index (χ1) is 11.2. The fourth-order valence-corrected chi connectivity index (χ4v) is 4.20. The van der Waals surface area contributed by atoms with Crippen molar-refractivity contribution in [2.24, 2.45) is 5.92 Å². The van der Waals surface area contributed by atoms with Gasteiger partial charge in [0.1, 0.15) is 11.4 Å². The molecule has 3 aromatic rings. The zero-order chi connectivity index (χ0) is 15.8. The first kappa shape index (κ1) is 14.6. The molecule has 0 saturated heterocycles. The summed E-state index contributed by atoms with van der Waals surface area (Å²) in [6.07, 6.45) is 3.84. The van der Waals surface area contributed by atoms with Crippen LogP contribution < -0.4 is 10.9 Å². The molecule has 5 nitrogen and oxygen atoms in total. The zero-order valence-electron chi connectivity index (χ0n) is 12.3. The number of nitrogens with one attached hydrogen (secondary N) is 1. The second-order valence-corrected chi connectivity index (χ2v) is 7.54. The Hall–Kier alpha value is -1.99. The fraction of sp³-hybridized carbons (Fsp3) is 0.312. The predicted molar refractivity (Wildman–Crippen MR) is 92.9 cm³/mol. The van der Waals surface area contributed by atoms with Gasteiger partial charge in [0.2, 0.25) is 5.91 Å². The standard InChI is InChI=1S/C16H15N3O2S2/c20-13(17-6-10-3-4-10)7-19-9-18-15-14(16(19)21)11(8-23-15)12-2-1-5-22-12/h1-2,5,8-10H,3-4,6-7H2,(H,17,20). The maximum Gasteiger partial charge on any atom is 0.263 e. The van der Waals surface area contributed by atoms with E-state index in [2.05, 4.69) is 10.3 Å². The summed E-state index contributed by atoms with van der Waals surface area (Å²) >= 11 is 3.05. The predicted octanol–water partition coefficient (Wildman–Crippen LogP) is 2.71. The van der Waals surface area contributed by atoms with E-state index in [1.54, 1.807) is 11.3 Å². The quantitative estimate of drug-likeness (QED) is 0.773. The Morgan fingerprint density at radius 1 is 1.39 bits per heavy atom. The van der Waals surface area contributed by atoms with Gasteiger partial charge in [-0.3, -0.25) is 14.2 Å². The number of thiophene rings is 2. The van der Waals surface area contributed by atoms with Crippen molar-refractivity contribution in [3.8, 4) is 10.4 Å². The third-order valence-corrected chi connectivity index (χ3v) is 5.74. The first-order valence-corrected chi connectivity index (χ1v) is 9.25. The van der Waals surface area contributed by atoms with E-state index in [4.69, 9.17) is 0 Å². The molecule has 1 N–H and O–H groups in total. The lowest BCUT2D eigenvalue weighted by Gasteiger charge is -2.07. The lowest BCUT2D eigenvalue weighted by molar-refractivity contribution is -0.121. The molecule has 0 spiro atoms. The molecule has 4 rings (SSSR count). The lowest BCUT2D eigenvalue weighted by Crippen LogP contribution is -2.33. The minimum atomic E-state index is -0.152. The molecule has 0 unspecified atom stereocenters. The number of hydrogen-bond donors (Lipinski definition) is 1. The Balaban J connectivity index is 1.65. The van der Waals surface area contributed by atoms with E-state index >= 15 is 0 Å². The first-order valence-electron chi connectivity index (χ1n) is 7.49. The molecule has 1 aliphatic rings. The van der Waals surface area contributed by atoms with E-state index in [0.717, 1.165) is 10.4 Å². The van der Waals surface area contributed by atoms with Crippen LogP contribution in [0.4, 0.5) is 0 Å². The van der Waals surface area contributed by atoms with Crippen LogP contribution >= 0.6 is 22.7 Å². The lowest BCUT2D eigenvalue weighted by atomic mass is 10.2. The van der Waals surface area contributed by atoms with Crippen LogP contribution in [0.1, 0.15) is 12.8 Å². The Kier molecular flexibility index (Phi) is 3.74. The van der Waals surface area contributed by atoms with Crippen LogP contribution in [0.5, 0.6) is 0 Å². The molecule has 1 fully saturated rings. The maximum atomic E-state index is 12.7. The number of fused-ring (bicyclic) bond motifs is 1. The van der Waals surface area contributed by atoms with Gasteiger partial charge in [0.15, 0.2) is 0 Å². The van der Waals surface area contributed by atoms with Gasteiger partial charge in [-0.25, -0.2) is 4.98 Å². The van der Waals surface area contributed by atoms with Gasteiger partial charge >= 0.3 is 0 Å². The summed E-state index contributed by atoms with van der Waals surface area (Å²) in [5, 5.41) is 7.43. The highest BCUT2D eigenvalue weighted by atomic mass is 32.1. The largest absolute Gasteiger partial charge is 0.354 e. The van der Waals surface area contributed by atoms with Crippen LogP contribution in [-0.2, 0) is 11.3 Å². The molecule has 0 aliphatic heterocycles. The topological polar surface area (TPSA) is 64.0 Å². The van der Waals surface area contributed by atoms with Crippen molar-refractivity contribution in [3.63, 3.8) is 0 Å². The molecule has 1 saturated carbocycles. The zero-order valence-corrected chi connectivity index (χ0v) is 14.0. The average molecular weight is 345 g/mol. The van der Waals surface area contributed by atoms with E-state index in [-0.39, 0.29) is 18.0 Å².